The molecule has 0 amide bonds. The van der Waals surface area contributed by atoms with Gasteiger partial charge in [0, 0.05) is 12.6 Å². The molecule has 2 aromatic carbocycles. The number of hydrogen-bond acceptors (Lipinski definition) is 4. The number of guanidine groups is 1. The Morgan fingerprint density at radius 1 is 1.17 bits per heavy atom. The van der Waals surface area contributed by atoms with Crippen LogP contribution in [-0.4, -0.2) is 30.6 Å². The maximum Gasteiger partial charge on any atom is 0.226 e. The van der Waals surface area contributed by atoms with Crippen LogP contribution in [0.4, 0.5) is 4.39 Å². The molecule has 0 aliphatic rings. The van der Waals surface area contributed by atoms with Crippen LogP contribution in [0.15, 0.2) is 64.2 Å². The van der Waals surface area contributed by atoms with Gasteiger partial charge in [0.1, 0.15) is 12.4 Å². The number of oxazole rings is 1. The summed E-state index contributed by atoms with van der Waals surface area (Å²) in [6.45, 7) is 4.81. The van der Waals surface area contributed by atoms with E-state index < -0.39 is 0 Å². The normalized spacial score (nSPS) is 12.5. The zero-order valence-electron chi connectivity index (χ0n) is 16.8. The molecule has 3 aromatic rings. The van der Waals surface area contributed by atoms with E-state index in [1.165, 1.54) is 11.6 Å². The summed E-state index contributed by atoms with van der Waals surface area (Å²) in [5.41, 5.74) is 2.88. The summed E-state index contributed by atoms with van der Waals surface area (Å²) in [4.78, 5) is 8.68. The van der Waals surface area contributed by atoms with Crippen molar-refractivity contribution in [1.29, 1.82) is 0 Å². The van der Waals surface area contributed by atoms with E-state index in [0.29, 0.717) is 24.9 Å². The number of aryl methyl sites for hydroxylation is 1. The first-order chi connectivity index (χ1) is 14.0. The molecule has 0 saturated heterocycles. The third kappa shape index (κ3) is 5.81. The molecule has 1 aromatic heterocycles. The number of ether oxygens (including phenoxy) is 1. The molecule has 0 spiro atoms. The standard InChI is InChI=1S/C22H25FN4O2/c1-15-8-10-17(11-9-15)21-27-18(14-28-21)13-26-22(24-3)25-12-16(2)29-20-7-5-4-6-19(20)23/h4-11,14,16H,12-13H2,1-3H3,(H2,24,25,26). The molecule has 152 valence electrons. The summed E-state index contributed by atoms with van der Waals surface area (Å²) >= 11 is 0. The molecule has 0 saturated carbocycles. The quantitative estimate of drug-likeness (QED) is 0.468. The third-order valence-corrected chi connectivity index (χ3v) is 4.23. The third-order valence-electron chi connectivity index (χ3n) is 4.23. The molecule has 1 heterocycles. The van der Waals surface area contributed by atoms with Crippen LogP contribution in [0.2, 0.25) is 0 Å². The van der Waals surface area contributed by atoms with Crippen LogP contribution in [-0.2, 0) is 6.54 Å². The van der Waals surface area contributed by atoms with Crippen LogP contribution in [0.1, 0.15) is 18.2 Å². The Morgan fingerprint density at radius 2 is 1.93 bits per heavy atom. The van der Waals surface area contributed by atoms with E-state index in [-0.39, 0.29) is 17.7 Å². The van der Waals surface area contributed by atoms with Crippen molar-refractivity contribution in [3.63, 3.8) is 0 Å². The minimum atomic E-state index is -0.378. The summed E-state index contributed by atoms with van der Waals surface area (Å²) in [5, 5.41) is 6.33. The first-order valence-electron chi connectivity index (χ1n) is 9.42. The summed E-state index contributed by atoms with van der Waals surface area (Å²) < 4.78 is 24.9. The van der Waals surface area contributed by atoms with Crippen LogP contribution in [0.5, 0.6) is 5.75 Å². The molecule has 1 unspecified atom stereocenters. The SMILES string of the molecule is CN=C(NCc1coc(-c2ccc(C)cc2)n1)NCC(C)Oc1ccccc1F. The highest BCUT2D eigenvalue weighted by atomic mass is 19.1. The van der Waals surface area contributed by atoms with Crippen molar-refractivity contribution in [3.8, 4) is 17.2 Å². The molecular weight excluding hydrogens is 371 g/mol. The number of halogens is 1. The Labute approximate surface area is 169 Å². The lowest BCUT2D eigenvalue weighted by molar-refractivity contribution is 0.214. The smallest absolute Gasteiger partial charge is 0.226 e. The summed E-state index contributed by atoms with van der Waals surface area (Å²) in [7, 11) is 1.68. The fourth-order valence-corrected chi connectivity index (χ4v) is 2.65. The minimum Gasteiger partial charge on any atom is -0.486 e. The summed E-state index contributed by atoms with van der Waals surface area (Å²) in [6.07, 6.45) is 1.38. The fourth-order valence-electron chi connectivity index (χ4n) is 2.65. The lowest BCUT2D eigenvalue weighted by Crippen LogP contribution is -2.41. The first kappa shape index (κ1) is 20.4. The summed E-state index contributed by atoms with van der Waals surface area (Å²) in [6, 6.07) is 14.4. The van der Waals surface area contributed by atoms with Gasteiger partial charge in [0.25, 0.3) is 0 Å². The second-order valence-corrected chi connectivity index (χ2v) is 6.68. The molecule has 0 fully saturated rings. The number of nitrogens with one attached hydrogen (secondary N) is 2. The van der Waals surface area contributed by atoms with Gasteiger partial charge in [-0.1, -0.05) is 29.8 Å². The monoisotopic (exact) mass is 396 g/mol. The molecule has 1 atom stereocenters. The number of benzene rings is 2. The highest BCUT2D eigenvalue weighted by Gasteiger charge is 2.10. The van der Waals surface area contributed by atoms with E-state index in [1.54, 1.807) is 31.5 Å². The number of para-hydroxylation sites is 1. The number of rotatable bonds is 7. The van der Waals surface area contributed by atoms with Crippen molar-refractivity contribution >= 4 is 5.96 Å². The molecule has 0 bridgehead atoms. The first-order valence-corrected chi connectivity index (χ1v) is 9.42. The van der Waals surface area contributed by atoms with Crippen LogP contribution in [0.3, 0.4) is 0 Å². The molecule has 6 nitrogen and oxygen atoms in total. The zero-order valence-corrected chi connectivity index (χ0v) is 16.8. The van der Waals surface area contributed by atoms with Crippen LogP contribution < -0.4 is 15.4 Å². The van der Waals surface area contributed by atoms with E-state index in [2.05, 4.69) is 20.6 Å². The maximum absolute atomic E-state index is 13.7. The van der Waals surface area contributed by atoms with Crippen molar-refractivity contribution in [2.75, 3.05) is 13.6 Å². The van der Waals surface area contributed by atoms with Crippen molar-refractivity contribution in [3.05, 3.63) is 71.9 Å². The second kappa shape index (κ2) is 9.73. The van der Waals surface area contributed by atoms with Gasteiger partial charge in [-0.3, -0.25) is 4.99 Å². The van der Waals surface area contributed by atoms with Crippen LogP contribution >= 0.6 is 0 Å². The number of aliphatic imine (C=N–C) groups is 1. The highest BCUT2D eigenvalue weighted by molar-refractivity contribution is 5.79. The van der Waals surface area contributed by atoms with Gasteiger partial charge in [0.05, 0.1) is 18.8 Å². The molecule has 0 radical (unpaired) electrons. The minimum absolute atomic E-state index is 0.232. The van der Waals surface area contributed by atoms with Crippen LogP contribution in [0, 0.1) is 12.7 Å². The lowest BCUT2D eigenvalue weighted by Gasteiger charge is -2.17. The predicted molar refractivity (Wildman–Crippen MR) is 111 cm³/mol. The fraction of sp³-hybridized carbons (Fsp3) is 0.273. The van der Waals surface area contributed by atoms with Gasteiger partial charge in [-0.25, -0.2) is 9.37 Å². The average molecular weight is 396 g/mol. The zero-order chi connectivity index (χ0) is 20.6. The molecule has 0 aliphatic carbocycles. The molecule has 2 N–H and O–H groups in total. The molecule has 29 heavy (non-hydrogen) atoms. The Kier molecular flexibility index (Phi) is 6.84. The van der Waals surface area contributed by atoms with E-state index in [4.69, 9.17) is 9.15 Å². The van der Waals surface area contributed by atoms with E-state index in [9.17, 15) is 4.39 Å². The Bertz CT molecular complexity index is 953. The maximum atomic E-state index is 13.7. The van der Waals surface area contributed by atoms with Crippen molar-refractivity contribution in [1.82, 2.24) is 15.6 Å². The summed E-state index contributed by atoms with van der Waals surface area (Å²) in [5.74, 6) is 1.03. The predicted octanol–water partition coefficient (Wildman–Crippen LogP) is 3.92. The van der Waals surface area contributed by atoms with E-state index in [1.807, 2.05) is 38.1 Å². The van der Waals surface area contributed by atoms with Gasteiger partial charge in [-0.05, 0) is 38.1 Å². The van der Waals surface area contributed by atoms with Gasteiger partial charge in [0.15, 0.2) is 17.5 Å². The van der Waals surface area contributed by atoms with E-state index in [0.717, 1.165) is 11.3 Å². The number of aromatic nitrogens is 1. The number of nitrogens with zero attached hydrogens (tertiary/aromatic N) is 2. The molecule has 0 aliphatic heterocycles. The Balaban J connectivity index is 1.48. The topological polar surface area (TPSA) is 71.7 Å². The van der Waals surface area contributed by atoms with Crippen molar-refractivity contribution in [2.45, 2.75) is 26.5 Å². The van der Waals surface area contributed by atoms with Gasteiger partial charge < -0.3 is 19.8 Å². The Morgan fingerprint density at radius 3 is 2.66 bits per heavy atom. The molecule has 3 rings (SSSR count). The van der Waals surface area contributed by atoms with Gasteiger partial charge in [0.2, 0.25) is 5.89 Å². The van der Waals surface area contributed by atoms with E-state index >= 15 is 0 Å². The average Bonchev–Trinajstić information content (AvgIpc) is 3.19. The van der Waals surface area contributed by atoms with Crippen LogP contribution in [0.25, 0.3) is 11.5 Å². The molecule has 7 heteroatoms. The van der Waals surface area contributed by atoms with Gasteiger partial charge in [-0.15, -0.1) is 0 Å². The lowest BCUT2D eigenvalue weighted by atomic mass is 10.1. The van der Waals surface area contributed by atoms with Crippen molar-refractivity contribution in [2.24, 2.45) is 4.99 Å². The van der Waals surface area contributed by atoms with Gasteiger partial charge >= 0.3 is 0 Å². The van der Waals surface area contributed by atoms with Crippen molar-refractivity contribution < 1.29 is 13.5 Å². The largest absolute Gasteiger partial charge is 0.486 e. The highest BCUT2D eigenvalue weighted by Crippen LogP contribution is 2.19. The Hall–Kier alpha value is -3.35. The second-order valence-electron chi connectivity index (χ2n) is 6.68. The number of hydrogen-bond donors (Lipinski definition) is 2. The molecular formula is C22H25FN4O2. The van der Waals surface area contributed by atoms with Gasteiger partial charge in [-0.2, -0.15) is 0 Å².